The van der Waals surface area contributed by atoms with E-state index >= 15 is 0 Å². The third-order valence-corrected chi connectivity index (χ3v) is 5.76. The number of rotatable bonds is 4. The van der Waals surface area contributed by atoms with Crippen molar-refractivity contribution < 1.29 is 15.8 Å². The van der Waals surface area contributed by atoms with Crippen LogP contribution < -0.4 is 21.5 Å². The molecule has 1 aliphatic heterocycles. The summed E-state index contributed by atoms with van der Waals surface area (Å²) < 4.78 is 9.64. The summed E-state index contributed by atoms with van der Waals surface area (Å²) in [4.78, 5) is 53.9. The number of nitrogens with one attached hydrogen (secondary N) is 3. The molecule has 0 spiro atoms. The van der Waals surface area contributed by atoms with Crippen LogP contribution in [-0.2, 0) is 16.1 Å². The summed E-state index contributed by atoms with van der Waals surface area (Å²) in [6.45, 7) is 3.52. The Morgan fingerprint density at radius 2 is 2.03 bits per heavy atom. The number of halogens is 1. The quantitative estimate of drug-likeness (QED) is 0.508. The lowest BCUT2D eigenvalue weighted by atomic mass is 10.0. The molecule has 4 rings (SSSR count). The van der Waals surface area contributed by atoms with Crippen LogP contribution in [0.25, 0.3) is 10.9 Å². The molecule has 0 saturated carbocycles. The Labute approximate surface area is 195 Å². The highest BCUT2D eigenvalue weighted by Crippen LogP contribution is 2.21. The van der Waals surface area contributed by atoms with Crippen molar-refractivity contribution in [2.45, 2.75) is 39.3 Å². The molecule has 2 aromatic carbocycles. The van der Waals surface area contributed by atoms with Crippen LogP contribution >= 0.6 is 11.6 Å². The number of nitrogens with zero attached hydrogens (tertiary/aromatic N) is 2. The van der Waals surface area contributed by atoms with Crippen molar-refractivity contribution in [2.75, 3.05) is 5.32 Å². The molecular formula is C23H22ClN5O4. The second kappa shape index (κ2) is 9.03. The maximum atomic E-state index is 13.3. The van der Waals surface area contributed by atoms with Gasteiger partial charge in [-0.1, -0.05) is 23.7 Å². The largest absolute Gasteiger partial charge is 0.334 e. The number of urea groups is 1. The minimum Gasteiger partial charge on any atom is -0.334 e. The van der Waals surface area contributed by atoms with E-state index in [1.807, 2.05) is 6.92 Å². The van der Waals surface area contributed by atoms with Gasteiger partial charge in [0.1, 0.15) is 11.8 Å². The fourth-order valence-electron chi connectivity index (χ4n) is 3.62. The number of anilines is 1. The van der Waals surface area contributed by atoms with Crippen LogP contribution in [0.2, 0.25) is 5.02 Å². The van der Waals surface area contributed by atoms with Crippen molar-refractivity contribution in [3.63, 3.8) is 0 Å². The average Bonchev–Trinajstić information content (AvgIpc) is 2.78. The lowest BCUT2D eigenvalue weighted by Crippen LogP contribution is -2.45. The topological polar surface area (TPSA) is 122 Å². The predicted molar refractivity (Wildman–Crippen MR) is 124 cm³/mol. The monoisotopic (exact) mass is 468 g/mol. The van der Waals surface area contributed by atoms with Crippen LogP contribution in [0.4, 0.5) is 10.5 Å². The van der Waals surface area contributed by atoms with Gasteiger partial charge in [0.15, 0.2) is 0 Å². The van der Waals surface area contributed by atoms with Crippen LogP contribution in [0.15, 0.2) is 41.2 Å². The maximum absolute atomic E-state index is 13.3. The zero-order chi connectivity index (χ0) is 24.6. The number of hydrogen-bond acceptors (Lipinski definition) is 5. The summed E-state index contributed by atoms with van der Waals surface area (Å²) in [5.41, 5.74) is 1.89. The van der Waals surface area contributed by atoms with Gasteiger partial charge in [0.2, 0.25) is 11.8 Å². The van der Waals surface area contributed by atoms with Crippen LogP contribution in [-0.4, -0.2) is 27.4 Å². The lowest BCUT2D eigenvalue weighted by molar-refractivity contribution is -0.135. The highest BCUT2D eigenvalue weighted by molar-refractivity contribution is 6.31. The number of carbonyl (C=O) groups is 3. The number of imide groups is 1. The Hall–Kier alpha value is -3.72. The van der Waals surface area contributed by atoms with Gasteiger partial charge in [0.25, 0.3) is 5.56 Å². The van der Waals surface area contributed by atoms with E-state index in [1.54, 1.807) is 36.4 Å². The molecule has 10 heteroatoms. The molecule has 3 N–H and O–H groups in total. The molecule has 0 bridgehead atoms. The summed E-state index contributed by atoms with van der Waals surface area (Å²) in [6.07, 6.45) is -0.180. The van der Waals surface area contributed by atoms with E-state index < -0.39 is 29.4 Å². The summed E-state index contributed by atoms with van der Waals surface area (Å²) in [7, 11) is 0. The predicted octanol–water partition coefficient (Wildman–Crippen LogP) is 2.97. The number of fused-ring (bicyclic) bond motifs is 1. The highest BCUT2D eigenvalue weighted by Gasteiger charge is 2.30. The smallest absolute Gasteiger partial charge is 0.319 e. The molecular weight excluding hydrogens is 446 g/mol. The molecule has 2 heterocycles. The summed E-state index contributed by atoms with van der Waals surface area (Å²) in [5.74, 6) is -1.15. The van der Waals surface area contributed by atoms with E-state index in [4.69, 9.17) is 13.0 Å². The van der Waals surface area contributed by atoms with Gasteiger partial charge < -0.3 is 10.6 Å². The first-order valence-corrected chi connectivity index (χ1v) is 10.6. The van der Waals surface area contributed by atoms with Crippen molar-refractivity contribution >= 4 is 46.0 Å². The Bertz CT molecular complexity index is 1410. The van der Waals surface area contributed by atoms with Gasteiger partial charge >= 0.3 is 6.03 Å². The number of hydrogen-bond donors (Lipinski definition) is 3. The van der Waals surface area contributed by atoms with Crippen LogP contribution in [0, 0.1) is 13.8 Å². The molecule has 1 aliphatic rings. The lowest BCUT2D eigenvalue weighted by Gasteiger charge is -2.24. The fraction of sp³-hybridized carbons (Fsp3) is 0.261. The van der Waals surface area contributed by atoms with Gasteiger partial charge in [0.05, 0.1) is 12.3 Å². The molecule has 1 aromatic heterocycles. The molecule has 0 aliphatic carbocycles. The van der Waals surface area contributed by atoms with Gasteiger partial charge in [-0.15, -0.1) is 0 Å². The second-order valence-corrected chi connectivity index (χ2v) is 8.15. The van der Waals surface area contributed by atoms with Crippen LogP contribution in [0.3, 0.4) is 0 Å². The Balaban J connectivity index is 1.58. The van der Waals surface area contributed by atoms with Crippen molar-refractivity contribution in [2.24, 2.45) is 0 Å². The van der Waals surface area contributed by atoms with E-state index in [0.717, 1.165) is 10.1 Å². The molecule has 1 saturated heterocycles. The number of piperidine rings is 1. The number of amides is 4. The molecule has 1 atom stereocenters. The minimum absolute atomic E-state index is 0.0512. The van der Waals surface area contributed by atoms with E-state index in [1.165, 1.54) is 6.92 Å². The van der Waals surface area contributed by atoms with Crippen molar-refractivity contribution in [3.8, 4) is 0 Å². The normalized spacial score (nSPS) is 18.6. The van der Waals surface area contributed by atoms with Crippen molar-refractivity contribution in [1.29, 1.82) is 0 Å². The molecule has 4 amide bonds. The zero-order valence-corrected chi connectivity index (χ0v) is 18.7. The van der Waals surface area contributed by atoms with Gasteiger partial charge in [-0.05, 0) is 55.7 Å². The summed E-state index contributed by atoms with van der Waals surface area (Å²) >= 11 is 6.08. The third-order valence-electron chi connectivity index (χ3n) is 5.36. The van der Waals surface area contributed by atoms with E-state index in [0.29, 0.717) is 21.8 Å². The molecule has 33 heavy (non-hydrogen) atoms. The standard InChI is InChI=1S/C23H22ClN5O4/c1-12-3-5-15(10-17(12)24)27-23(33)25-11-14-4-6-18-16(9-14)22(32)29(13(2)26-18)19-7-8-20(30)28-21(19)31/h3-6,9-10,19H,7-8,11H2,1-2H3,(H2,25,27,33)(H,28,30,31)/t19-/m1/s1/i19D. The minimum atomic E-state index is -1.97. The van der Waals surface area contributed by atoms with Crippen LogP contribution in [0.5, 0.6) is 0 Å². The maximum Gasteiger partial charge on any atom is 0.319 e. The molecule has 3 aromatic rings. The number of benzene rings is 2. The highest BCUT2D eigenvalue weighted by atomic mass is 35.5. The average molecular weight is 469 g/mol. The summed E-state index contributed by atoms with van der Waals surface area (Å²) in [5, 5.41) is 8.27. The first-order chi connectivity index (χ1) is 16.1. The van der Waals surface area contributed by atoms with Crippen molar-refractivity contribution in [3.05, 3.63) is 68.7 Å². The molecule has 1 fully saturated rings. The second-order valence-electron chi connectivity index (χ2n) is 7.75. The van der Waals surface area contributed by atoms with Gasteiger partial charge in [-0.25, -0.2) is 9.78 Å². The Morgan fingerprint density at radius 3 is 2.76 bits per heavy atom. The fourth-order valence-corrected chi connectivity index (χ4v) is 3.80. The Kier molecular flexibility index (Phi) is 5.78. The molecule has 9 nitrogen and oxygen atoms in total. The first-order valence-electron chi connectivity index (χ1n) is 10.8. The van der Waals surface area contributed by atoms with E-state index in [2.05, 4.69) is 20.9 Å². The number of aryl methyl sites for hydroxylation is 2. The van der Waals surface area contributed by atoms with Gasteiger partial charge in [-0.3, -0.25) is 24.3 Å². The van der Waals surface area contributed by atoms with E-state index in [9.17, 15) is 19.2 Å². The van der Waals surface area contributed by atoms with E-state index in [-0.39, 0.29) is 30.6 Å². The molecule has 0 radical (unpaired) electrons. The zero-order valence-electron chi connectivity index (χ0n) is 19.0. The first kappa shape index (κ1) is 21.1. The van der Waals surface area contributed by atoms with Gasteiger partial charge in [-0.2, -0.15) is 0 Å². The van der Waals surface area contributed by atoms with Gasteiger partial charge in [0, 0.05) is 23.7 Å². The van der Waals surface area contributed by atoms with Crippen LogP contribution in [0.1, 0.15) is 37.2 Å². The molecule has 170 valence electrons. The summed E-state index contributed by atoms with van der Waals surface area (Å²) in [6, 6.07) is 7.69. The van der Waals surface area contributed by atoms with Crippen molar-refractivity contribution in [1.82, 2.24) is 20.2 Å². The third kappa shape index (κ3) is 4.73. The Morgan fingerprint density at radius 1 is 1.24 bits per heavy atom. The molecule has 0 unspecified atom stereocenters. The number of carbonyl (C=O) groups excluding carboxylic acids is 3. The number of aromatic nitrogens is 2. The SMILES string of the molecule is [2H][C@@]1(n2c(C)nc3ccc(CNC(=O)Nc4ccc(C)c(Cl)c4)cc3c2=O)CCC(=O)NC1=O.